The van der Waals surface area contributed by atoms with Gasteiger partial charge in [0.25, 0.3) is 5.91 Å². The molecule has 0 fully saturated rings. The number of amides is 1. The van der Waals surface area contributed by atoms with Crippen molar-refractivity contribution in [1.82, 2.24) is 10.6 Å². The molecule has 0 aliphatic heterocycles. The third-order valence-corrected chi connectivity index (χ3v) is 5.24. The van der Waals surface area contributed by atoms with Crippen LogP contribution < -0.4 is 10.6 Å². The van der Waals surface area contributed by atoms with Crippen LogP contribution in [0.4, 0.5) is 0 Å². The molecular formula is C18H22N2O2S. The van der Waals surface area contributed by atoms with E-state index in [9.17, 15) is 4.79 Å². The predicted octanol–water partition coefficient (Wildman–Crippen LogP) is 2.48. The Morgan fingerprint density at radius 2 is 2.00 bits per heavy atom. The van der Waals surface area contributed by atoms with E-state index in [1.54, 1.807) is 18.4 Å². The Morgan fingerprint density at radius 3 is 2.87 bits per heavy atom. The van der Waals surface area contributed by atoms with Gasteiger partial charge in [0.2, 0.25) is 0 Å². The molecule has 5 heteroatoms. The molecule has 0 unspecified atom stereocenters. The van der Waals surface area contributed by atoms with Crippen LogP contribution in [-0.2, 0) is 17.6 Å². The number of carbonyl (C=O) groups excluding carboxylic acids is 1. The maximum atomic E-state index is 12.3. The predicted molar refractivity (Wildman–Crippen MR) is 94.2 cm³/mol. The average molecular weight is 330 g/mol. The number of carbonyl (C=O) groups is 1. The molecule has 1 aliphatic carbocycles. The lowest BCUT2D eigenvalue weighted by Gasteiger charge is -2.15. The van der Waals surface area contributed by atoms with Crippen LogP contribution in [0.1, 0.15) is 20.8 Å². The van der Waals surface area contributed by atoms with Gasteiger partial charge in [0, 0.05) is 31.6 Å². The minimum atomic E-state index is 0.0235. The zero-order chi connectivity index (χ0) is 16.1. The highest BCUT2D eigenvalue weighted by Gasteiger charge is 2.20. The quantitative estimate of drug-likeness (QED) is 0.767. The van der Waals surface area contributed by atoms with Gasteiger partial charge in [-0.15, -0.1) is 11.3 Å². The molecule has 0 saturated heterocycles. The van der Waals surface area contributed by atoms with Crippen LogP contribution in [0.5, 0.6) is 0 Å². The first-order chi connectivity index (χ1) is 11.3. The van der Waals surface area contributed by atoms with E-state index in [-0.39, 0.29) is 5.91 Å². The van der Waals surface area contributed by atoms with E-state index >= 15 is 0 Å². The molecule has 1 heterocycles. The van der Waals surface area contributed by atoms with Gasteiger partial charge in [-0.3, -0.25) is 4.79 Å². The summed E-state index contributed by atoms with van der Waals surface area (Å²) in [6.07, 6.45) is 2.08. The second-order valence-corrected chi connectivity index (χ2v) is 6.67. The van der Waals surface area contributed by atoms with Gasteiger partial charge >= 0.3 is 0 Å². The Bertz CT molecular complexity index is 681. The summed E-state index contributed by atoms with van der Waals surface area (Å²) in [5.74, 6) is 0.0235. The lowest BCUT2D eigenvalue weighted by molar-refractivity contribution is 0.0957. The lowest BCUT2D eigenvalue weighted by Crippen LogP contribution is -2.32. The Hall–Kier alpha value is -1.69. The molecule has 0 bridgehead atoms. The number of thiophene rings is 1. The number of nitrogens with one attached hydrogen (secondary N) is 2. The Labute approximate surface area is 140 Å². The van der Waals surface area contributed by atoms with Crippen LogP contribution in [0.15, 0.2) is 30.3 Å². The molecule has 1 aliphatic rings. The van der Waals surface area contributed by atoms with Crippen LogP contribution in [0, 0.1) is 0 Å². The van der Waals surface area contributed by atoms with Crippen molar-refractivity contribution in [2.24, 2.45) is 0 Å². The Balaban J connectivity index is 1.60. The smallest absolute Gasteiger partial charge is 0.261 e. The molecule has 122 valence electrons. The summed E-state index contributed by atoms with van der Waals surface area (Å²) < 4.78 is 4.97. The topological polar surface area (TPSA) is 50.4 Å². The zero-order valence-corrected chi connectivity index (χ0v) is 14.2. The standard InChI is InChI=1S/C18H22N2O2S/c1-22-11-10-19-8-9-20-18(21)16-12-14-7-6-13-4-2-3-5-15(13)17(14)23-16/h2-5,12,19H,6-11H2,1H3,(H,20,21). The molecule has 4 nitrogen and oxygen atoms in total. The molecule has 1 aromatic carbocycles. The van der Waals surface area contributed by atoms with Crippen LogP contribution >= 0.6 is 11.3 Å². The molecule has 1 aromatic heterocycles. The summed E-state index contributed by atoms with van der Waals surface area (Å²) in [6.45, 7) is 2.87. The van der Waals surface area contributed by atoms with E-state index in [0.717, 1.165) is 30.8 Å². The van der Waals surface area contributed by atoms with Gasteiger partial charge in [0.1, 0.15) is 0 Å². The Morgan fingerprint density at radius 1 is 1.17 bits per heavy atom. The van der Waals surface area contributed by atoms with E-state index < -0.39 is 0 Å². The third-order valence-electron chi connectivity index (χ3n) is 4.03. The fourth-order valence-electron chi connectivity index (χ4n) is 2.83. The van der Waals surface area contributed by atoms with Crippen molar-refractivity contribution in [2.75, 3.05) is 33.4 Å². The number of ether oxygens (including phenoxy) is 1. The van der Waals surface area contributed by atoms with Gasteiger partial charge in [0.15, 0.2) is 0 Å². The second kappa shape index (κ2) is 7.73. The molecule has 23 heavy (non-hydrogen) atoms. The maximum absolute atomic E-state index is 12.3. The molecule has 0 atom stereocenters. The van der Waals surface area contributed by atoms with Crippen LogP contribution in [0.2, 0.25) is 0 Å². The number of fused-ring (bicyclic) bond motifs is 3. The van der Waals surface area contributed by atoms with E-state index in [1.165, 1.54) is 21.6 Å². The molecule has 0 saturated carbocycles. The van der Waals surface area contributed by atoms with Crippen molar-refractivity contribution in [2.45, 2.75) is 12.8 Å². The summed E-state index contributed by atoms with van der Waals surface area (Å²) in [4.78, 5) is 14.4. The number of aryl methyl sites for hydroxylation is 2. The van der Waals surface area contributed by atoms with Gasteiger partial charge < -0.3 is 15.4 Å². The molecule has 0 radical (unpaired) electrons. The highest BCUT2D eigenvalue weighted by atomic mass is 32.1. The third kappa shape index (κ3) is 3.80. The number of benzene rings is 1. The summed E-state index contributed by atoms with van der Waals surface area (Å²) in [6, 6.07) is 10.6. The second-order valence-electron chi connectivity index (χ2n) is 5.62. The fraction of sp³-hybridized carbons (Fsp3) is 0.389. The molecule has 0 spiro atoms. The SMILES string of the molecule is COCCNCCNC(=O)c1cc2c(s1)-c1ccccc1CC2. The monoisotopic (exact) mass is 330 g/mol. The number of rotatable bonds is 7. The molecule has 1 amide bonds. The summed E-state index contributed by atoms with van der Waals surface area (Å²) in [5, 5.41) is 6.20. The normalized spacial score (nSPS) is 12.6. The molecule has 3 rings (SSSR count). The van der Waals surface area contributed by atoms with E-state index in [0.29, 0.717) is 13.2 Å². The largest absolute Gasteiger partial charge is 0.383 e. The maximum Gasteiger partial charge on any atom is 0.261 e. The van der Waals surface area contributed by atoms with E-state index in [1.807, 2.05) is 0 Å². The van der Waals surface area contributed by atoms with Gasteiger partial charge in [0.05, 0.1) is 11.5 Å². The van der Waals surface area contributed by atoms with Gasteiger partial charge in [-0.2, -0.15) is 0 Å². The minimum Gasteiger partial charge on any atom is -0.383 e. The Kier molecular flexibility index (Phi) is 5.43. The highest BCUT2D eigenvalue weighted by molar-refractivity contribution is 7.17. The summed E-state index contributed by atoms with van der Waals surface area (Å²) >= 11 is 1.61. The minimum absolute atomic E-state index is 0.0235. The van der Waals surface area contributed by atoms with Crippen molar-refractivity contribution >= 4 is 17.2 Å². The van der Waals surface area contributed by atoms with Gasteiger partial charge in [-0.1, -0.05) is 24.3 Å². The van der Waals surface area contributed by atoms with Crippen molar-refractivity contribution in [3.05, 3.63) is 46.3 Å². The summed E-state index contributed by atoms with van der Waals surface area (Å²) in [7, 11) is 1.68. The zero-order valence-electron chi connectivity index (χ0n) is 13.4. The molecular weight excluding hydrogens is 308 g/mol. The van der Waals surface area contributed by atoms with Crippen molar-refractivity contribution in [3.63, 3.8) is 0 Å². The molecule has 2 aromatic rings. The first-order valence-electron chi connectivity index (χ1n) is 7.98. The van der Waals surface area contributed by atoms with Gasteiger partial charge in [-0.25, -0.2) is 0 Å². The number of methoxy groups -OCH3 is 1. The number of hydrogen-bond acceptors (Lipinski definition) is 4. The van der Waals surface area contributed by atoms with Crippen molar-refractivity contribution in [3.8, 4) is 10.4 Å². The van der Waals surface area contributed by atoms with Crippen LogP contribution in [-0.4, -0.2) is 39.3 Å². The first kappa shape index (κ1) is 16.2. The van der Waals surface area contributed by atoms with Crippen molar-refractivity contribution in [1.29, 1.82) is 0 Å². The fourth-order valence-corrected chi connectivity index (χ4v) is 4.02. The molecule has 2 N–H and O–H groups in total. The summed E-state index contributed by atoms with van der Waals surface area (Å²) in [5.41, 5.74) is 3.98. The van der Waals surface area contributed by atoms with Crippen LogP contribution in [0.3, 0.4) is 0 Å². The van der Waals surface area contributed by atoms with E-state index in [2.05, 4.69) is 41.0 Å². The van der Waals surface area contributed by atoms with E-state index in [4.69, 9.17) is 4.74 Å². The first-order valence-corrected chi connectivity index (χ1v) is 8.80. The average Bonchev–Trinajstić information content (AvgIpc) is 3.02. The lowest BCUT2D eigenvalue weighted by atomic mass is 9.91. The number of hydrogen-bond donors (Lipinski definition) is 2. The highest BCUT2D eigenvalue weighted by Crippen LogP contribution is 2.39. The van der Waals surface area contributed by atoms with Gasteiger partial charge in [-0.05, 0) is 35.6 Å². The van der Waals surface area contributed by atoms with Crippen LogP contribution in [0.25, 0.3) is 10.4 Å². The van der Waals surface area contributed by atoms with Crippen molar-refractivity contribution < 1.29 is 9.53 Å².